The third kappa shape index (κ3) is 9.47. The average molecular weight is 298 g/mol. The van der Waals surface area contributed by atoms with Crippen LogP contribution in [0.15, 0.2) is 0 Å². The summed E-state index contributed by atoms with van der Waals surface area (Å²) in [5, 5.41) is 0. The van der Waals surface area contributed by atoms with Gasteiger partial charge in [-0.3, -0.25) is 0 Å². The van der Waals surface area contributed by atoms with Crippen molar-refractivity contribution in [3.05, 3.63) is 0 Å². The number of rotatable bonds is 12. The maximum atomic E-state index is 5.90. The van der Waals surface area contributed by atoms with Gasteiger partial charge in [-0.1, -0.05) is 40.0 Å². The molecule has 0 amide bonds. The fraction of sp³-hybridized carbons (Fsp3) is 1.00. The van der Waals surface area contributed by atoms with Crippen LogP contribution in [0.25, 0.3) is 0 Å². The SMILES string of the molecule is CCCC[N+](CCCC)(CCCC)CCCCl.[Cl-]. The molecule has 3 heteroatoms. The minimum absolute atomic E-state index is 0. The Morgan fingerprint density at radius 3 is 1.28 bits per heavy atom. The molecule has 0 aliphatic heterocycles. The highest BCUT2D eigenvalue weighted by Gasteiger charge is 2.24. The molecule has 0 unspecified atom stereocenters. The van der Waals surface area contributed by atoms with E-state index in [9.17, 15) is 0 Å². The number of halogens is 2. The fourth-order valence-electron chi connectivity index (χ4n) is 2.55. The molecular formula is C15H33Cl2N. The molecule has 112 valence electrons. The van der Waals surface area contributed by atoms with Crippen LogP contribution < -0.4 is 12.4 Å². The highest BCUT2D eigenvalue weighted by molar-refractivity contribution is 6.17. The van der Waals surface area contributed by atoms with Crippen molar-refractivity contribution in [2.45, 2.75) is 65.7 Å². The zero-order valence-electron chi connectivity index (χ0n) is 12.7. The first-order valence-electron chi connectivity index (χ1n) is 7.65. The lowest BCUT2D eigenvalue weighted by Crippen LogP contribution is -3.00. The van der Waals surface area contributed by atoms with Crippen LogP contribution in [0.3, 0.4) is 0 Å². The number of unbranched alkanes of at least 4 members (excludes halogenated alkanes) is 3. The van der Waals surface area contributed by atoms with Crippen LogP contribution in [0.2, 0.25) is 0 Å². The van der Waals surface area contributed by atoms with E-state index < -0.39 is 0 Å². The topological polar surface area (TPSA) is 0 Å². The lowest BCUT2D eigenvalue weighted by atomic mass is 10.1. The first kappa shape index (κ1) is 20.8. The Morgan fingerprint density at radius 2 is 1.00 bits per heavy atom. The van der Waals surface area contributed by atoms with Crippen LogP contribution in [0.1, 0.15) is 65.7 Å². The summed E-state index contributed by atoms with van der Waals surface area (Å²) in [6.45, 7) is 12.3. The van der Waals surface area contributed by atoms with Crippen LogP contribution in [-0.4, -0.2) is 36.5 Å². The van der Waals surface area contributed by atoms with Gasteiger partial charge in [0.05, 0.1) is 26.2 Å². The molecule has 0 saturated carbocycles. The molecule has 0 aromatic heterocycles. The quantitative estimate of drug-likeness (QED) is 0.381. The molecule has 1 nitrogen and oxygen atoms in total. The van der Waals surface area contributed by atoms with E-state index in [0.29, 0.717) is 0 Å². The number of nitrogens with zero attached hydrogens (tertiary/aromatic N) is 1. The van der Waals surface area contributed by atoms with Crippen LogP contribution in [-0.2, 0) is 0 Å². The molecule has 0 rings (SSSR count). The Morgan fingerprint density at radius 1 is 0.667 bits per heavy atom. The zero-order valence-corrected chi connectivity index (χ0v) is 14.2. The molecule has 0 saturated heterocycles. The Bertz CT molecular complexity index is 125. The maximum Gasteiger partial charge on any atom is 0.0798 e. The molecule has 18 heavy (non-hydrogen) atoms. The van der Waals surface area contributed by atoms with E-state index in [-0.39, 0.29) is 12.4 Å². The largest absolute Gasteiger partial charge is 1.00 e. The zero-order chi connectivity index (χ0) is 13.0. The Balaban J connectivity index is 0. The second-order valence-electron chi connectivity index (χ2n) is 5.34. The van der Waals surface area contributed by atoms with Gasteiger partial charge in [-0.05, 0) is 19.3 Å². The van der Waals surface area contributed by atoms with Crippen LogP contribution in [0.4, 0.5) is 0 Å². The predicted octanol–water partition coefficient (Wildman–Crippen LogP) is 1.84. The van der Waals surface area contributed by atoms with Crippen LogP contribution in [0, 0.1) is 0 Å². The smallest absolute Gasteiger partial charge is 0.0798 e. The molecule has 0 spiro atoms. The van der Waals surface area contributed by atoms with Crippen molar-refractivity contribution in [3.8, 4) is 0 Å². The lowest BCUT2D eigenvalue weighted by molar-refractivity contribution is -0.928. The Labute approximate surface area is 126 Å². The molecule has 0 bridgehead atoms. The van der Waals surface area contributed by atoms with Gasteiger partial charge in [0, 0.05) is 12.3 Å². The maximum absolute atomic E-state index is 5.90. The van der Waals surface area contributed by atoms with E-state index in [2.05, 4.69) is 20.8 Å². The van der Waals surface area contributed by atoms with Gasteiger partial charge in [-0.25, -0.2) is 0 Å². The molecule has 0 aromatic rings. The number of hydrogen-bond acceptors (Lipinski definition) is 0. The summed E-state index contributed by atoms with van der Waals surface area (Å²) >= 11 is 5.90. The number of hydrogen-bond donors (Lipinski definition) is 0. The first-order valence-corrected chi connectivity index (χ1v) is 8.19. The van der Waals surface area contributed by atoms with E-state index in [1.165, 1.54) is 75.6 Å². The normalized spacial score (nSPS) is 11.3. The molecule has 0 N–H and O–H groups in total. The third-order valence-electron chi connectivity index (χ3n) is 3.72. The minimum Gasteiger partial charge on any atom is -1.00 e. The molecule has 0 aromatic carbocycles. The van der Waals surface area contributed by atoms with E-state index in [4.69, 9.17) is 11.6 Å². The Hall–Kier alpha value is 0.540. The summed E-state index contributed by atoms with van der Waals surface area (Å²) in [4.78, 5) is 0. The van der Waals surface area contributed by atoms with Gasteiger partial charge in [-0.15, -0.1) is 11.6 Å². The number of alkyl halides is 1. The van der Waals surface area contributed by atoms with Gasteiger partial charge in [0.25, 0.3) is 0 Å². The highest BCUT2D eigenvalue weighted by Crippen LogP contribution is 2.16. The summed E-state index contributed by atoms with van der Waals surface area (Å²) in [7, 11) is 0. The number of quaternary nitrogens is 1. The van der Waals surface area contributed by atoms with E-state index in [1.54, 1.807) is 0 Å². The van der Waals surface area contributed by atoms with Crippen molar-refractivity contribution in [1.82, 2.24) is 0 Å². The van der Waals surface area contributed by atoms with Crippen molar-refractivity contribution in [3.63, 3.8) is 0 Å². The summed E-state index contributed by atoms with van der Waals surface area (Å²) in [6.07, 6.45) is 9.25. The van der Waals surface area contributed by atoms with E-state index in [0.717, 1.165) is 5.88 Å². The van der Waals surface area contributed by atoms with Gasteiger partial charge >= 0.3 is 0 Å². The average Bonchev–Trinajstić information content (AvgIpc) is 2.37. The molecule has 0 aliphatic rings. The van der Waals surface area contributed by atoms with Gasteiger partial charge in [0.1, 0.15) is 0 Å². The summed E-state index contributed by atoms with van der Waals surface area (Å²) in [5.41, 5.74) is 0. The third-order valence-corrected chi connectivity index (χ3v) is 3.99. The molecule has 0 aliphatic carbocycles. The minimum atomic E-state index is 0. The predicted molar refractivity (Wildman–Crippen MR) is 79.8 cm³/mol. The van der Waals surface area contributed by atoms with Gasteiger partial charge in [0.15, 0.2) is 0 Å². The molecule has 0 heterocycles. The Kier molecular flexibility index (Phi) is 16.2. The van der Waals surface area contributed by atoms with E-state index >= 15 is 0 Å². The molecule has 0 radical (unpaired) electrons. The standard InChI is InChI=1S/C15H33ClN.ClH/c1-4-7-12-17(13-8-5-2,14-9-6-3)15-10-11-16;/h4-15H2,1-3H3;1H/q+1;/p-1. The monoisotopic (exact) mass is 297 g/mol. The summed E-state index contributed by atoms with van der Waals surface area (Å²) < 4.78 is 1.34. The molecule has 0 atom stereocenters. The lowest BCUT2D eigenvalue weighted by Gasteiger charge is -2.39. The first-order chi connectivity index (χ1) is 8.24. The van der Waals surface area contributed by atoms with Gasteiger partial charge in [-0.2, -0.15) is 0 Å². The van der Waals surface area contributed by atoms with Crippen molar-refractivity contribution in [2.24, 2.45) is 0 Å². The molecule has 0 fully saturated rings. The van der Waals surface area contributed by atoms with Crippen LogP contribution in [0.5, 0.6) is 0 Å². The second kappa shape index (κ2) is 14.0. The van der Waals surface area contributed by atoms with Crippen molar-refractivity contribution in [1.29, 1.82) is 0 Å². The fourth-order valence-corrected chi connectivity index (χ4v) is 2.67. The summed E-state index contributed by atoms with van der Waals surface area (Å²) in [5.74, 6) is 0.824. The van der Waals surface area contributed by atoms with E-state index in [1.807, 2.05) is 0 Å². The summed E-state index contributed by atoms with van der Waals surface area (Å²) in [6, 6.07) is 0. The molecular weight excluding hydrogens is 265 g/mol. The van der Waals surface area contributed by atoms with Gasteiger partial charge < -0.3 is 16.9 Å². The van der Waals surface area contributed by atoms with Crippen molar-refractivity contribution < 1.29 is 16.9 Å². The van der Waals surface area contributed by atoms with Crippen LogP contribution >= 0.6 is 11.6 Å². The van der Waals surface area contributed by atoms with Gasteiger partial charge in [0.2, 0.25) is 0 Å². The van der Waals surface area contributed by atoms with Crippen molar-refractivity contribution in [2.75, 3.05) is 32.1 Å². The van der Waals surface area contributed by atoms with Crippen molar-refractivity contribution >= 4 is 11.6 Å². The highest BCUT2D eigenvalue weighted by atomic mass is 35.5. The second-order valence-corrected chi connectivity index (χ2v) is 5.72.